The quantitative estimate of drug-likeness (QED) is 0.156. The molecule has 6 aromatic carbocycles. The minimum atomic E-state index is -2.79. The van der Waals surface area contributed by atoms with Crippen molar-refractivity contribution >= 4 is 21.9 Å². The normalized spacial score (nSPS) is 13.6. The van der Waals surface area contributed by atoms with Crippen molar-refractivity contribution in [3.63, 3.8) is 0 Å². The molecule has 0 unspecified atom stereocenters. The second kappa shape index (κ2) is 20.6. The van der Waals surface area contributed by atoms with Crippen LogP contribution in [0.2, 0.25) is 0 Å². The fraction of sp³-hybridized carbons (Fsp3) is 0.121. The fourth-order valence-electron chi connectivity index (χ4n) is 6.93. The van der Waals surface area contributed by atoms with Gasteiger partial charge in [0.25, 0.3) is 0 Å². The summed E-state index contributed by atoms with van der Waals surface area (Å²) in [5.41, 5.74) is 5.95. The number of halogens is 1. The van der Waals surface area contributed by atoms with Crippen molar-refractivity contribution in [1.82, 2.24) is 15.0 Å². The Labute approximate surface area is 402 Å². The number of hydrogen-bond donors (Lipinski definition) is 0. The molecule has 4 heterocycles. The van der Waals surface area contributed by atoms with E-state index in [2.05, 4.69) is 33.2 Å². The van der Waals surface area contributed by atoms with Crippen molar-refractivity contribution in [3.05, 3.63) is 223 Å². The largest absolute Gasteiger partial charge is 3.00 e. The van der Waals surface area contributed by atoms with Gasteiger partial charge in [-0.1, -0.05) is 123 Å². The Morgan fingerprint density at radius 3 is 2.03 bits per heavy atom. The van der Waals surface area contributed by atoms with Crippen LogP contribution in [-0.4, -0.2) is 15.0 Å². The molecule has 0 aliphatic rings. The van der Waals surface area contributed by atoms with E-state index in [9.17, 15) is 4.39 Å². The van der Waals surface area contributed by atoms with Gasteiger partial charge in [0.1, 0.15) is 5.58 Å². The molecule has 0 radical (unpaired) electrons. The van der Waals surface area contributed by atoms with Crippen LogP contribution in [0.25, 0.3) is 78.0 Å². The molecule has 0 spiro atoms. The van der Waals surface area contributed by atoms with Crippen LogP contribution in [0.4, 0.5) is 4.39 Å². The van der Waals surface area contributed by atoms with Gasteiger partial charge in [-0.15, -0.1) is 83.9 Å². The summed E-state index contributed by atoms with van der Waals surface area (Å²) < 4.78 is 95.3. The van der Waals surface area contributed by atoms with E-state index in [1.165, 1.54) is 36.5 Å². The van der Waals surface area contributed by atoms with Gasteiger partial charge in [-0.05, 0) is 99.7 Å². The van der Waals surface area contributed by atoms with E-state index in [4.69, 9.17) is 16.8 Å². The monoisotopic (exact) mass is 1020 g/mol. The maximum absolute atomic E-state index is 12.6. The number of nitrogens with zero attached hydrogens (tertiary/aromatic N) is 3. The van der Waals surface area contributed by atoms with Gasteiger partial charge < -0.3 is 19.4 Å². The molecule has 0 fully saturated rings. The number of hydrogen-bond acceptors (Lipinski definition) is 4. The molecular weight excluding hydrogens is 966 g/mol. The van der Waals surface area contributed by atoms with Crippen LogP contribution < -0.4 is 0 Å². The van der Waals surface area contributed by atoms with Gasteiger partial charge in [-0.3, -0.25) is 4.39 Å². The first-order chi connectivity index (χ1) is 34.2. The van der Waals surface area contributed by atoms with Crippen LogP contribution in [-0.2, 0) is 26.5 Å². The Morgan fingerprint density at radius 2 is 1.38 bits per heavy atom. The van der Waals surface area contributed by atoms with Gasteiger partial charge >= 0.3 is 20.1 Å². The van der Waals surface area contributed by atoms with E-state index in [0.717, 1.165) is 44.4 Å². The Balaban J connectivity index is 0.000000242. The molecule has 0 saturated carbocycles. The molecule has 10 aromatic rings. The molecule has 10 rings (SSSR count). The zero-order chi connectivity index (χ0) is 51.4. The molecule has 4 aromatic heterocycles. The van der Waals surface area contributed by atoms with E-state index >= 15 is 0 Å². The van der Waals surface area contributed by atoms with Crippen molar-refractivity contribution in [2.45, 2.75) is 40.8 Å². The smallest absolute Gasteiger partial charge is 0.501 e. The van der Waals surface area contributed by atoms with Crippen LogP contribution in [0.3, 0.4) is 0 Å². The predicted molar refractivity (Wildman–Crippen MR) is 256 cm³/mol. The molecule has 64 heavy (non-hydrogen) atoms. The van der Waals surface area contributed by atoms with Crippen molar-refractivity contribution in [1.29, 1.82) is 0 Å². The molecule has 0 saturated heterocycles. The van der Waals surface area contributed by atoms with Crippen LogP contribution in [0.15, 0.2) is 187 Å². The number of aromatic nitrogens is 3. The summed E-state index contributed by atoms with van der Waals surface area (Å²) in [5, 5.41) is 1.67. The SMILES string of the molecule is Fc1c[c-]c(-c2ccccn2)cc1.[2H]c1cc(C([2H])([2H])C(C)(C)C)cc(C([2H])([2H])[2H])c1-c1cc(-c2[c-]ccc3c2oc2cc(-c4ccccc4)ccc23)ncc1C([2H])([2H])[2H].[Ir+3].[c-]1ccccc1-c1ccccn1. The topological polar surface area (TPSA) is 51.8 Å². The van der Waals surface area contributed by atoms with Gasteiger partial charge in [0.2, 0.25) is 0 Å². The molecule has 0 aliphatic heterocycles. The van der Waals surface area contributed by atoms with Crippen molar-refractivity contribution < 1.29 is 41.2 Å². The summed E-state index contributed by atoms with van der Waals surface area (Å²) in [6.45, 7) is -0.399. The van der Waals surface area contributed by atoms with Crippen molar-refractivity contribution in [3.8, 4) is 56.0 Å². The third-order valence-corrected chi connectivity index (χ3v) is 9.80. The zero-order valence-electron chi connectivity index (χ0n) is 44.2. The van der Waals surface area contributed by atoms with E-state index in [1.807, 2.05) is 115 Å². The third-order valence-electron chi connectivity index (χ3n) is 9.80. The van der Waals surface area contributed by atoms with Crippen molar-refractivity contribution in [2.75, 3.05) is 0 Å². The standard InChI is InChI=1S/C36H32NO.C11H7FN.C11H8N.Ir/c1-23-18-25(21-36(3,4)5)14-16-28(23)32-20-33(37-22-24(32)2)31-13-9-12-30-29-17-15-27(19-34(29)38-35(30)31)26-10-7-6-8-11-26;12-10-6-4-9(5-7-10)11-3-1-2-8-13-11;1-2-6-10(7-3-1)11-8-4-5-9-12-11;/h6-12,14-20,22H,21H2,1-5H3;1-4,6-8H;1-6,8-9H;/q3*-1;+3/i1D3,2D3,16D,21D2;;;. The van der Waals surface area contributed by atoms with Crippen molar-refractivity contribution in [2.24, 2.45) is 5.41 Å². The van der Waals surface area contributed by atoms with Gasteiger partial charge in [0.15, 0.2) is 0 Å². The Hall–Kier alpha value is -6.85. The molecule has 0 N–H and O–H groups in total. The molecule has 0 amide bonds. The number of furan rings is 1. The van der Waals surface area contributed by atoms with E-state index in [0.29, 0.717) is 16.7 Å². The number of rotatable bonds is 6. The van der Waals surface area contributed by atoms with Crippen LogP contribution in [0, 0.1) is 43.1 Å². The fourth-order valence-corrected chi connectivity index (χ4v) is 6.93. The molecule has 0 aliphatic carbocycles. The maximum Gasteiger partial charge on any atom is 3.00 e. The molecule has 6 heteroatoms. The Bertz CT molecular complexity index is 3420. The van der Waals surface area contributed by atoms with Gasteiger partial charge in [-0.2, -0.15) is 0 Å². The molecular formula is C58H47FIrN3O. The summed E-state index contributed by atoms with van der Waals surface area (Å²) in [6, 6.07) is 55.9. The molecule has 4 nitrogen and oxygen atoms in total. The van der Waals surface area contributed by atoms with Gasteiger partial charge in [0.05, 0.1) is 6.95 Å². The zero-order valence-corrected chi connectivity index (χ0v) is 37.6. The summed E-state index contributed by atoms with van der Waals surface area (Å²) >= 11 is 0. The maximum atomic E-state index is 12.6. The van der Waals surface area contributed by atoms with Crippen LogP contribution in [0.1, 0.15) is 49.8 Å². The van der Waals surface area contributed by atoms with E-state index < -0.39 is 25.5 Å². The second-order valence-corrected chi connectivity index (χ2v) is 15.6. The van der Waals surface area contributed by atoms with E-state index in [1.54, 1.807) is 45.3 Å². The first-order valence-electron chi connectivity index (χ1n) is 24.8. The predicted octanol–water partition coefficient (Wildman–Crippen LogP) is 15.2. The Kier molecular flexibility index (Phi) is 11.1. The minimum absolute atomic E-state index is 0. The minimum Gasteiger partial charge on any atom is -0.501 e. The number of aryl methyl sites for hydroxylation is 2. The summed E-state index contributed by atoms with van der Waals surface area (Å²) in [6.07, 6.45) is 2.69. The van der Waals surface area contributed by atoms with Gasteiger partial charge in [-0.25, -0.2) is 0 Å². The van der Waals surface area contributed by atoms with Gasteiger partial charge in [0, 0.05) is 40.8 Å². The van der Waals surface area contributed by atoms with Crippen LogP contribution in [0.5, 0.6) is 0 Å². The average Bonchev–Trinajstić information content (AvgIpc) is 3.75. The molecule has 0 atom stereocenters. The first-order valence-corrected chi connectivity index (χ1v) is 20.3. The molecule has 316 valence electrons. The molecule has 0 bridgehead atoms. The third kappa shape index (κ3) is 11.0. The summed E-state index contributed by atoms with van der Waals surface area (Å²) in [5.74, 6) is -0.278. The number of benzene rings is 6. The summed E-state index contributed by atoms with van der Waals surface area (Å²) in [4.78, 5) is 12.8. The number of pyridine rings is 3. The average molecular weight is 1020 g/mol. The second-order valence-electron chi connectivity index (χ2n) is 15.6. The first kappa shape index (κ1) is 34.6. The van der Waals surface area contributed by atoms with Crippen LogP contribution >= 0.6 is 0 Å². The van der Waals surface area contributed by atoms with E-state index in [-0.39, 0.29) is 65.5 Å². The summed E-state index contributed by atoms with van der Waals surface area (Å²) in [7, 11) is 0. The number of fused-ring (bicyclic) bond motifs is 3. The Morgan fingerprint density at radius 1 is 0.641 bits per heavy atom.